The van der Waals surface area contributed by atoms with Crippen molar-refractivity contribution in [2.24, 2.45) is 0 Å². The average Bonchev–Trinajstić information content (AvgIpc) is 2.17. The van der Waals surface area contributed by atoms with Crippen molar-refractivity contribution >= 4 is 0 Å². The molecule has 1 rings (SSSR count). The van der Waals surface area contributed by atoms with Crippen molar-refractivity contribution in [3.05, 3.63) is 24.8 Å². The van der Waals surface area contributed by atoms with Gasteiger partial charge in [0.2, 0.25) is 0 Å². The molecule has 0 spiro atoms. The second-order valence-corrected chi connectivity index (χ2v) is 1.95. The molecule has 49 valence electrons. The third-order valence-electron chi connectivity index (χ3n) is 1.09. The Morgan fingerprint density at radius 1 is 1.78 bits per heavy atom. The van der Waals surface area contributed by atoms with Crippen LogP contribution < -0.4 is 0 Å². The molecule has 2 nitrogen and oxygen atoms in total. The number of nitrogens with zero attached hydrogens (tertiary/aromatic N) is 1. The first kappa shape index (κ1) is 6.33. The van der Waals surface area contributed by atoms with Gasteiger partial charge in [-0.1, -0.05) is 6.92 Å². The standard InChI is InChI=1S/C7H10NO/c1-3-4-7-5-8-6(2)9-7/h5H,1,3-4H2,2H3. The van der Waals surface area contributed by atoms with Gasteiger partial charge in [0, 0.05) is 13.3 Å². The second kappa shape index (κ2) is 2.67. The molecule has 1 aromatic rings. The van der Waals surface area contributed by atoms with Gasteiger partial charge < -0.3 is 4.42 Å². The molecule has 0 aliphatic heterocycles. The summed E-state index contributed by atoms with van der Waals surface area (Å²) in [6.45, 7) is 5.54. The highest BCUT2D eigenvalue weighted by Crippen LogP contribution is 2.03. The van der Waals surface area contributed by atoms with E-state index in [-0.39, 0.29) is 0 Å². The molecule has 1 radical (unpaired) electrons. The van der Waals surface area contributed by atoms with Crippen molar-refractivity contribution in [1.29, 1.82) is 0 Å². The van der Waals surface area contributed by atoms with Crippen LogP contribution in [0.4, 0.5) is 0 Å². The lowest BCUT2D eigenvalue weighted by atomic mass is 10.3. The monoisotopic (exact) mass is 124 g/mol. The summed E-state index contributed by atoms with van der Waals surface area (Å²) in [5.41, 5.74) is 0. The van der Waals surface area contributed by atoms with E-state index in [9.17, 15) is 0 Å². The number of hydrogen-bond acceptors (Lipinski definition) is 2. The topological polar surface area (TPSA) is 26.0 Å². The lowest BCUT2D eigenvalue weighted by Crippen LogP contribution is -1.75. The summed E-state index contributed by atoms with van der Waals surface area (Å²) in [6, 6.07) is 0. The molecule has 2 heteroatoms. The molecule has 0 N–H and O–H groups in total. The molecular formula is C7H10NO. The predicted molar refractivity (Wildman–Crippen MR) is 34.9 cm³/mol. The molecule has 0 aliphatic carbocycles. The van der Waals surface area contributed by atoms with E-state index in [4.69, 9.17) is 4.42 Å². The fraction of sp³-hybridized carbons (Fsp3) is 0.429. The molecule has 1 aromatic heterocycles. The van der Waals surface area contributed by atoms with Crippen LogP contribution in [0.5, 0.6) is 0 Å². The molecular weight excluding hydrogens is 114 g/mol. The minimum Gasteiger partial charge on any atom is -0.446 e. The smallest absolute Gasteiger partial charge is 0.191 e. The summed E-state index contributed by atoms with van der Waals surface area (Å²) in [4.78, 5) is 3.94. The summed E-state index contributed by atoms with van der Waals surface area (Å²) in [7, 11) is 0. The van der Waals surface area contributed by atoms with Crippen LogP contribution in [-0.2, 0) is 6.42 Å². The quantitative estimate of drug-likeness (QED) is 0.600. The number of aryl methyl sites for hydroxylation is 2. The van der Waals surface area contributed by atoms with Crippen molar-refractivity contribution in [3.63, 3.8) is 0 Å². The van der Waals surface area contributed by atoms with Gasteiger partial charge in [-0.05, 0) is 6.42 Å². The van der Waals surface area contributed by atoms with Crippen LogP contribution in [0.1, 0.15) is 18.1 Å². The normalized spacial score (nSPS) is 10.0. The SMILES string of the molecule is [CH2]CCc1cnc(C)o1. The first-order valence-corrected chi connectivity index (χ1v) is 3.03. The fourth-order valence-corrected chi connectivity index (χ4v) is 0.695. The molecule has 0 fully saturated rings. The van der Waals surface area contributed by atoms with Gasteiger partial charge in [0.15, 0.2) is 5.89 Å². The lowest BCUT2D eigenvalue weighted by molar-refractivity contribution is 0.475. The van der Waals surface area contributed by atoms with E-state index < -0.39 is 0 Å². The fourth-order valence-electron chi connectivity index (χ4n) is 0.695. The Morgan fingerprint density at radius 3 is 3.00 bits per heavy atom. The van der Waals surface area contributed by atoms with Gasteiger partial charge in [0.1, 0.15) is 5.76 Å². The summed E-state index contributed by atoms with van der Waals surface area (Å²) in [6.07, 6.45) is 3.51. The van der Waals surface area contributed by atoms with Gasteiger partial charge in [-0.15, -0.1) is 0 Å². The van der Waals surface area contributed by atoms with E-state index >= 15 is 0 Å². The molecule has 0 aliphatic rings. The van der Waals surface area contributed by atoms with Crippen LogP contribution in [0.2, 0.25) is 0 Å². The summed E-state index contributed by atoms with van der Waals surface area (Å²) in [5, 5.41) is 0. The van der Waals surface area contributed by atoms with Gasteiger partial charge in [0.05, 0.1) is 6.20 Å². The minimum atomic E-state index is 0.735. The molecule has 0 bridgehead atoms. The number of aromatic nitrogens is 1. The van der Waals surface area contributed by atoms with Crippen molar-refractivity contribution in [1.82, 2.24) is 4.98 Å². The van der Waals surface area contributed by atoms with Crippen molar-refractivity contribution < 1.29 is 4.42 Å². The number of oxazole rings is 1. The maximum atomic E-state index is 5.17. The second-order valence-electron chi connectivity index (χ2n) is 1.95. The van der Waals surface area contributed by atoms with Crippen molar-refractivity contribution in [2.45, 2.75) is 19.8 Å². The highest BCUT2D eigenvalue weighted by molar-refractivity contribution is 4.92. The Balaban J connectivity index is 2.61. The first-order chi connectivity index (χ1) is 4.33. The van der Waals surface area contributed by atoms with Crippen LogP contribution in [0.25, 0.3) is 0 Å². The maximum Gasteiger partial charge on any atom is 0.191 e. The van der Waals surface area contributed by atoms with Gasteiger partial charge in [-0.3, -0.25) is 0 Å². The van der Waals surface area contributed by atoms with Gasteiger partial charge in [-0.2, -0.15) is 0 Å². The molecule has 1 heterocycles. The van der Waals surface area contributed by atoms with Crippen molar-refractivity contribution in [2.75, 3.05) is 0 Å². The molecule has 0 unspecified atom stereocenters. The molecule has 0 aromatic carbocycles. The van der Waals surface area contributed by atoms with E-state index in [0.29, 0.717) is 0 Å². The molecule has 0 saturated heterocycles. The van der Waals surface area contributed by atoms with Crippen molar-refractivity contribution in [3.8, 4) is 0 Å². The summed E-state index contributed by atoms with van der Waals surface area (Å²) < 4.78 is 5.17. The lowest BCUT2D eigenvalue weighted by Gasteiger charge is -1.85. The predicted octanol–water partition coefficient (Wildman–Crippen LogP) is 1.75. The summed E-state index contributed by atoms with van der Waals surface area (Å²) >= 11 is 0. The zero-order valence-corrected chi connectivity index (χ0v) is 5.55. The Bertz CT molecular complexity index is 181. The third kappa shape index (κ3) is 1.56. The molecule has 0 amide bonds. The first-order valence-electron chi connectivity index (χ1n) is 3.03. The average molecular weight is 124 g/mol. The van der Waals surface area contributed by atoms with E-state index in [1.807, 2.05) is 6.92 Å². The van der Waals surface area contributed by atoms with Gasteiger partial charge in [-0.25, -0.2) is 4.98 Å². The van der Waals surface area contributed by atoms with Gasteiger partial charge in [0.25, 0.3) is 0 Å². The Labute approximate surface area is 54.9 Å². The Morgan fingerprint density at radius 2 is 2.56 bits per heavy atom. The minimum absolute atomic E-state index is 0.735. The van der Waals surface area contributed by atoms with E-state index in [0.717, 1.165) is 24.5 Å². The molecule has 0 saturated carbocycles. The van der Waals surface area contributed by atoms with E-state index in [1.165, 1.54) is 0 Å². The van der Waals surface area contributed by atoms with Gasteiger partial charge >= 0.3 is 0 Å². The maximum absolute atomic E-state index is 5.17. The number of rotatable bonds is 2. The Hall–Kier alpha value is -0.790. The largest absolute Gasteiger partial charge is 0.446 e. The van der Waals surface area contributed by atoms with E-state index in [2.05, 4.69) is 11.9 Å². The van der Waals surface area contributed by atoms with Crippen LogP contribution in [-0.4, -0.2) is 4.98 Å². The van der Waals surface area contributed by atoms with Crippen LogP contribution in [0, 0.1) is 13.8 Å². The zero-order valence-electron chi connectivity index (χ0n) is 5.55. The zero-order chi connectivity index (χ0) is 6.69. The third-order valence-corrected chi connectivity index (χ3v) is 1.09. The highest BCUT2D eigenvalue weighted by atomic mass is 16.3. The van der Waals surface area contributed by atoms with E-state index in [1.54, 1.807) is 6.20 Å². The summed E-state index contributed by atoms with van der Waals surface area (Å²) in [5.74, 6) is 1.67. The highest BCUT2D eigenvalue weighted by Gasteiger charge is 1.95. The Kier molecular flexibility index (Phi) is 1.88. The molecule has 9 heavy (non-hydrogen) atoms. The van der Waals surface area contributed by atoms with Crippen LogP contribution in [0.15, 0.2) is 10.6 Å². The van der Waals surface area contributed by atoms with Crippen LogP contribution in [0.3, 0.4) is 0 Å². The number of hydrogen-bond donors (Lipinski definition) is 0. The van der Waals surface area contributed by atoms with Crippen LogP contribution >= 0.6 is 0 Å². The molecule has 0 atom stereocenters.